The third kappa shape index (κ3) is 8.51. The molecule has 1 N–H and O–H groups in total. The zero-order chi connectivity index (χ0) is 25.3. The van der Waals surface area contributed by atoms with E-state index in [0.717, 1.165) is 11.1 Å². The Morgan fingerprint density at radius 1 is 1.09 bits per heavy atom. The van der Waals surface area contributed by atoms with Crippen LogP contribution in [0.2, 0.25) is 0 Å². The second kappa shape index (κ2) is 12.1. The molecular formula is C26H33N5O4. The van der Waals surface area contributed by atoms with Gasteiger partial charge in [-0.1, -0.05) is 36.4 Å². The van der Waals surface area contributed by atoms with Gasteiger partial charge in [0.2, 0.25) is 5.91 Å². The molecule has 0 radical (unpaired) electrons. The number of rotatable bonds is 9. The third-order valence-electron chi connectivity index (χ3n) is 5.18. The molecule has 3 amide bonds. The van der Waals surface area contributed by atoms with Crippen molar-refractivity contribution in [1.82, 2.24) is 20.2 Å². The number of carbonyl (C=O) groups is 3. The van der Waals surface area contributed by atoms with Gasteiger partial charge in [-0.25, -0.2) is 9.80 Å². The van der Waals surface area contributed by atoms with Gasteiger partial charge in [0.25, 0.3) is 5.91 Å². The number of carbonyl (C=O) groups excluding carboxylic acids is 3. The van der Waals surface area contributed by atoms with Crippen LogP contribution in [0, 0.1) is 0 Å². The molecule has 0 spiro atoms. The third-order valence-corrected chi connectivity index (χ3v) is 5.18. The van der Waals surface area contributed by atoms with E-state index in [4.69, 9.17) is 4.74 Å². The van der Waals surface area contributed by atoms with Crippen LogP contribution in [-0.4, -0.2) is 57.2 Å². The maximum Gasteiger partial charge on any atom is 0.410 e. The molecule has 1 aromatic carbocycles. The van der Waals surface area contributed by atoms with Crippen LogP contribution in [0.25, 0.3) is 0 Å². The topological polar surface area (TPSA) is 104 Å². The smallest absolute Gasteiger partial charge is 0.410 e. The van der Waals surface area contributed by atoms with Crippen molar-refractivity contribution in [3.8, 4) is 0 Å². The van der Waals surface area contributed by atoms with E-state index in [1.807, 2.05) is 63.2 Å². The quantitative estimate of drug-likeness (QED) is 0.555. The Hall–Kier alpha value is -3.75. The number of ether oxygens (including phenoxy) is 1. The van der Waals surface area contributed by atoms with Gasteiger partial charge in [0, 0.05) is 38.3 Å². The van der Waals surface area contributed by atoms with Gasteiger partial charge in [-0.15, -0.1) is 0 Å². The van der Waals surface area contributed by atoms with Crippen molar-refractivity contribution in [2.75, 3.05) is 13.1 Å². The SMILES string of the molecule is CC(C)(C)OC(=O)N(CCCNC(=O)C1=NN(Cc2ccccc2)C(=O)CC1)Cc1cccnc1. The monoisotopic (exact) mass is 479 g/mol. The van der Waals surface area contributed by atoms with Crippen molar-refractivity contribution in [3.63, 3.8) is 0 Å². The van der Waals surface area contributed by atoms with Gasteiger partial charge < -0.3 is 15.0 Å². The lowest BCUT2D eigenvalue weighted by Gasteiger charge is -2.27. The van der Waals surface area contributed by atoms with E-state index in [-0.39, 0.29) is 18.2 Å². The number of nitrogens with one attached hydrogen (secondary N) is 1. The van der Waals surface area contributed by atoms with E-state index in [1.54, 1.807) is 17.3 Å². The molecule has 1 aliphatic rings. The maximum atomic E-state index is 12.7. The van der Waals surface area contributed by atoms with Gasteiger partial charge in [-0.3, -0.25) is 14.6 Å². The Kier molecular flexibility index (Phi) is 8.94. The average molecular weight is 480 g/mol. The van der Waals surface area contributed by atoms with E-state index < -0.39 is 11.7 Å². The highest BCUT2D eigenvalue weighted by Gasteiger charge is 2.25. The summed E-state index contributed by atoms with van der Waals surface area (Å²) in [5.41, 5.74) is 1.56. The van der Waals surface area contributed by atoms with Crippen molar-refractivity contribution in [3.05, 3.63) is 66.0 Å². The second-order valence-electron chi connectivity index (χ2n) is 9.36. The molecule has 2 heterocycles. The normalized spacial score (nSPS) is 13.7. The number of aromatic nitrogens is 1. The van der Waals surface area contributed by atoms with Crippen LogP contribution < -0.4 is 5.32 Å². The molecule has 0 bridgehead atoms. The predicted molar refractivity (Wildman–Crippen MR) is 132 cm³/mol. The van der Waals surface area contributed by atoms with Crippen molar-refractivity contribution in [2.24, 2.45) is 5.10 Å². The van der Waals surface area contributed by atoms with Crippen molar-refractivity contribution < 1.29 is 19.1 Å². The van der Waals surface area contributed by atoms with E-state index in [2.05, 4.69) is 15.4 Å². The number of pyridine rings is 1. The van der Waals surface area contributed by atoms with Crippen LogP contribution in [0.4, 0.5) is 4.79 Å². The first-order valence-electron chi connectivity index (χ1n) is 11.8. The maximum absolute atomic E-state index is 12.7. The number of amides is 3. The number of nitrogens with zero attached hydrogens (tertiary/aromatic N) is 4. The Balaban J connectivity index is 1.53. The summed E-state index contributed by atoms with van der Waals surface area (Å²) in [6, 6.07) is 13.3. The Bertz CT molecular complexity index is 1030. The van der Waals surface area contributed by atoms with Gasteiger partial charge in [0.15, 0.2) is 0 Å². The van der Waals surface area contributed by atoms with Crippen LogP contribution in [0.15, 0.2) is 60.0 Å². The number of hydrogen-bond donors (Lipinski definition) is 1. The summed E-state index contributed by atoms with van der Waals surface area (Å²) in [7, 11) is 0. The van der Waals surface area contributed by atoms with E-state index in [1.165, 1.54) is 5.01 Å². The minimum absolute atomic E-state index is 0.103. The summed E-state index contributed by atoms with van der Waals surface area (Å²) in [6.07, 6.45) is 4.06. The molecule has 3 rings (SSSR count). The standard InChI is InChI=1S/C26H33N5O4/c1-26(2,3)35-25(34)30(18-21-11-7-14-27-17-21)16-8-15-28-24(33)22-12-13-23(32)31(29-22)19-20-9-5-4-6-10-20/h4-7,9-11,14,17H,8,12-13,15-16,18-19H2,1-3H3,(H,28,33). The Morgan fingerprint density at radius 2 is 1.83 bits per heavy atom. The summed E-state index contributed by atoms with van der Waals surface area (Å²) in [6.45, 7) is 6.92. The molecule has 0 atom stereocenters. The van der Waals surface area contributed by atoms with Crippen LogP contribution in [0.3, 0.4) is 0 Å². The fourth-order valence-electron chi connectivity index (χ4n) is 3.49. The van der Waals surface area contributed by atoms with E-state index in [0.29, 0.717) is 44.7 Å². The minimum atomic E-state index is -0.610. The van der Waals surface area contributed by atoms with Gasteiger partial charge in [-0.05, 0) is 44.4 Å². The lowest BCUT2D eigenvalue weighted by atomic mass is 10.1. The van der Waals surface area contributed by atoms with Gasteiger partial charge in [0.05, 0.1) is 13.1 Å². The molecule has 0 unspecified atom stereocenters. The first-order valence-corrected chi connectivity index (χ1v) is 11.8. The zero-order valence-electron chi connectivity index (χ0n) is 20.6. The number of benzene rings is 1. The molecule has 35 heavy (non-hydrogen) atoms. The zero-order valence-corrected chi connectivity index (χ0v) is 20.6. The molecule has 0 aliphatic carbocycles. The summed E-state index contributed by atoms with van der Waals surface area (Å²) < 4.78 is 5.54. The molecule has 186 valence electrons. The fraction of sp³-hybridized carbons (Fsp3) is 0.423. The molecule has 1 aromatic heterocycles. The number of hydrazone groups is 1. The molecule has 0 saturated heterocycles. The number of hydrogen-bond acceptors (Lipinski definition) is 6. The van der Waals surface area contributed by atoms with Crippen molar-refractivity contribution >= 4 is 23.6 Å². The van der Waals surface area contributed by atoms with Gasteiger partial charge >= 0.3 is 6.09 Å². The summed E-state index contributed by atoms with van der Waals surface area (Å²) in [5, 5.41) is 8.51. The average Bonchev–Trinajstić information content (AvgIpc) is 2.82. The van der Waals surface area contributed by atoms with E-state index >= 15 is 0 Å². The fourth-order valence-corrected chi connectivity index (χ4v) is 3.49. The second-order valence-corrected chi connectivity index (χ2v) is 9.36. The highest BCUT2D eigenvalue weighted by atomic mass is 16.6. The predicted octanol–water partition coefficient (Wildman–Crippen LogP) is 3.50. The largest absolute Gasteiger partial charge is 0.444 e. The molecule has 1 aliphatic heterocycles. The lowest BCUT2D eigenvalue weighted by molar-refractivity contribution is -0.132. The first-order chi connectivity index (χ1) is 16.7. The Morgan fingerprint density at radius 3 is 2.51 bits per heavy atom. The highest BCUT2D eigenvalue weighted by Crippen LogP contribution is 2.15. The molecule has 9 heteroatoms. The van der Waals surface area contributed by atoms with Gasteiger partial charge in [0.1, 0.15) is 11.3 Å². The Labute approximate surface area is 206 Å². The summed E-state index contributed by atoms with van der Waals surface area (Å²) in [4.78, 5) is 43.3. The van der Waals surface area contributed by atoms with Crippen LogP contribution in [0.5, 0.6) is 0 Å². The summed E-state index contributed by atoms with van der Waals surface area (Å²) >= 11 is 0. The van der Waals surface area contributed by atoms with Crippen LogP contribution in [-0.2, 0) is 27.4 Å². The molecule has 0 fully saturated rings. The van der Waals surface area contributed by atoms with E-state index in [9.17, 15) is 14.4 Å². The van der Waals surface area contributed by atoms with Crippen molar-refractivity contribution in [1.29, 1.82) is 0 Å². The highest BCUT2D eigenvalue weighted by molar-refractivity contribution is 6.39. The molecule has 0 saturated carbocycles. The lowest BCUT2D eigenvalue weighted by Crippen LogP contribution is -2.40. The molecule has 9 nitrogen and oxygen atoms in total. The van der Waals surface area contributed by atoms with Crippen molar-refractivity contribution in [2.45, 2.75) is 58.7 Å². The van der Waals surface area contributed by atoms with Crippen LogP contribution in [0.1, 0.15) is 51.2 Å². The molecular weight excluding hydrogens is 446 g/mol. The first kappa shape index (κ1) is 25.9. The minimum Gasteiger partial charge on any atom is -0.444 e. The molecule has 2 aromatic rings. The van der Waals surface area contributed by atoms with Gasteiger partial charge in [-0.2, -0.15) is 5.10 Å². The summed E-state index contributed by atoms with van der Waals surface area (Å²) in [5.74, 6) is -0.402. The van der Waals surface area contributed by atoms with Crippen LogP contribution >= 0.6 is 0 Å².